The van der Waals surface area contributed by atoms with Gasteiger partial charge in [-0.2, -0.15) is 0 Å². The number of piperidine rings is 1. The first-order valence-electron chi connectivity index (χ1n) is 9.30. The van der Waals surface area contributed by atoms with Gasteiger partial charge in [-0.25, -0.2) is 14.1 Å². The van der Waals surface area contributed by atoms with Crippen LogP contribution >= 0.6 is 12.4 Å². The number of amides is 1. The highest BCUT2D eigenvalue weighted by molar-refractivity contribution is 5.91. The number of benzene rings is 1. The van der Waals surface area contributed by atoms with Crippen LogP contribution in [-0.4, -0.2) is 45.5 Å². The Kier molecular flexibility index (Phi) is 6.95. The minimum absolute atomic E-state index is 0. The van der Waals surface area contributed by atoms with Crippen molar-refractivity contribution >= 4 is 18.3 Å². The number of rotatable bonds is 6. The number of halogens is 2. The lowest BCUT2D eigenvalue weighted by molar-refractivity contribution is 0.0949. The average Bonchev–Trinajstić information content (AvgIpc) is 3.39. The number of carbonyl (C=O) groups is 1. The maximum atomic E-state index is 13.0. The van der Waals surface area contributed by atoms with E-state index in [0.717, 1.165) is 25.9 Å². The fourth-order valence-corrected chi connectivity index (χ4v) is 3.17. The van der Waals surface area contributed by atoms with Gasteiger partial charge in [0, 0.05) is 18.5 Å². The van der Waals surface area contributed by atoms with Crippen molar-refractivity contribution in [1.82, 2.24) is 30.6 Å². The number of carbonyl (C=O) groups excluding carboxylic acids is 1. The molecule has 10 heteroatoms. The van der Waals surface area contributed by atoms with Crippen LogP contribution in [0.3, 0.4) is 0 Å². The zero-order valence-electron chi connectivity index (χ0n) is 15.7. The van der Waals surface area contributed by atoms with E-state index in [2.05, 4.69) is 25.9 Å². The van der Waals surface area contributed by atoms with Gasteiger partial charge in [0.25, 0.3) is 5.91 Å². The largest absolute Gasteiger partial charge is 0.444 e. The van der Waals surface area contributed by atoms with Gasteiger partial charge in [0.2, 0.25) is 5.89 Å². The van der Waals surface area contributed by atoms with Crippen LogP contribution < -0.4 is 10.6 Å². The molecule has 1 aliphatic heterocycles. The molecule has 2 N–H and O–H groups in total. The lowest BCUT2D eigenvalue weighted by atomic mass is 10.1. The summed E-state index contributed by atoms with van der Waals surface area (Å²) in [5, 5.41) is 14.2. The van der Waals surface area contributed by atoms with Crippen molar-refractivity contribution in [1.29, 1.82) is 0 Å². The van der Waals surface area contributed by atoms with Crippen LogP contribution in [0.4, 0.5) is 4.39 Å². The summed E-state index contributed by atoms with van der Waals surface area (Å²) in [6.07, 6.45) is 5.71. The summed E-state index contributed by atoms with van der Waals surface area (Å²) >= 11 is 0. The van der Waals surface area contributed by atoms with Crippen LogP contribution in [0.15, 0.2) is 41.1 Å². The second-order valence-corrected chi connectivity index (χ2v) is 6.72. The minimum Gasteiger partial charge on any atom is -0.444 e. The van der Waals surface area contributed by atoms with Crippen molar-refractivity contribution in [2.45, 2.75) is 25.3 Å². The van der Waals surface area contributed by atoms with Crippen LogP contribution in [0.2, 0.25) is 0 Å². The molecular weight excluding hydrogens is 399 g/mol. The van der Waals surface area contributed by atoms with Gasteiger partial charge >= 0.3 is 0 Å². The molecule has 1 aliphatic rings. The van der Waals surface area contributed by atoms with Crippen LogP contribution in [0.5, 0.6) is 0 Å². The maximum Gasteiger partial charge on any atom is 0.273 e. The van der Waals surface area contributed by atoms with Gasteiger partial charge in [-0.1, -0.05) is 5.21 Å². The second kappa shape index (κ2) is 9.62. The molecule has 1 saturated heterocycles. The minimum atomic E-state index is -0.310. The van der Waals surface area contributed by atoms with E-state index in [1.165, 1.54) is 18.4 Å². The Hall–Kier alpha value is -2.78. The SMILES string of the molecule is Cl.O=C(NCCc1coc(-c2ccc(F)cc2)n1)c1cn(C2CCNCC2)nn1. The first-order valence-corrected chi connectivity index (χ1v) is 9.30. The normalized spacial score (nSPS) is 14.4. The van der Waals surface area contributed by atoms with E-state index < -0.39 is 0 Å². The van der Waals surface area contributed by atoms with Gasteiger partial charge < -0.3 is 15.1 Å². The van der Waals surface area contributed by atoms with Crippen molar-refractivity contribution in [3.8, 4) is 11.5 Å². The average molecular weight is 421 g/mol. The zero-order valence-corrected chi connectivity index (χ0v) is 16.5. The van der Waals surface area contributed by atoms with Crippen molar-refractivity contribution in [2.24, 2.45) is 0 Å². The predicted octanol–water partition coefficient (Wildman–Crippen LogP) is 2.39. The van der Waals surface area contributed by atoms with E-state index >= 15 is 0 Å². The van der Waals surface area contributed by atoms with E-state index in [1.54, 1.807) is 23.0 Å². The molecule has 3 heterocycles. The Labute approximate surface area is 173 Å². The fourth-order valence-electron chi connectivity index (χ4n) is 3.17. The van der Waals surface area contributed by atoms with E-state index in [0.29, 0.717) is 35.8 Å². The summed E-state index contributed by atoms with van der Waals surface area (Å²) in [4.78, 5) is 16.6. The highest BCUT2D eigenvalue weighted by Gasteiger charge is 2.18. The molecule has 4 rings (SSSR count). The van der Waals surface area contributed by atoms with Gasteiger partial charge in [-0.3, -0.25) is 4.79 Å². The topological polar surface area (TPSA) is 97.9 Å². The molecule has 29 heavy (non-hydrogen) atoms. The smallest absolute Gasteiger partial charge is 0.273 e. The molecule has 3 aromatic rings. The molecular formula is C19H22ClFN6O2. The highest BCUT2D eigenvalue weighted by Crippen LogP contribution is 2.19. The number of hydrogen-bond acceptors (Lipinski definition) is 6. The molecule has 1 aromatic carbocycles. The summed E-state index contributed by atoms with van der Waals surface area (Å²) in [6, 6.07) is 6.22. The molecule has 0 atom stereocenters. The molecule has 0 aliphatic carbocycles. The molecule has 0 radical (unpaired) electrons. The Bertz CT molecular complexity index is 936. The van der Waals surface area contributed by atoms with Gasteiger partial charge in [0.1, 0.15) is 12.1 Å². The first-order chi connectivity index (χ1) is 13.7. The van der Waals surface area contributed by atoms with Crippen LogP contribution in [0.1, 0.15) is 35.1 Å². The van der Waals surface area contributed by atoms with Gasteiger partial charge in [-0.15, -0.1) is 17.5 Å². The monoisotopic (exact) mass is 420 g/mol. The molecule has 0 saturated carbocycles. The van der Waals surface area contributed by atoms with E-state index in [-0.39, 0.29) is 30.2 Å². The van der Waals surface area contributed by atoms with Gasteiger partial charge in [-0.05, 0) is 50.2 Å². The van der Waals surface area contributed by atoms with Crippen molar-refractivity contribution < 1.29 is 13.6 Å². The Morgan fingerprint density at radius 1 is 1.28 bits per heavy atom. The summed E-state index contributed by atoms with van der Waals surface area (Å²) in [7, 11) is 0. The molecule has 2 aromatic heterocycles. The molecule has 1 fully saturated rings. The summed E-state index contributed by atoms with van der Waals surface area (Å²) in [5.74, 6) is -0.149. The van der Waals surface area contributed by atoms with Crippen LogP contribution in [0, 0.1) is 5.82 Å². The summed E-state index contributed by atoms with van der Waals surface area (Å²) in [6.45, 7) is 2.29. The lowest BCUT2D eigenvalue weighted by Gasteiger charge is -2.22. The van der Waals surface area contributed by atoms with Gasteiger partial charge in [0.05, 0.1) is 17.9 Å². The first kappa shape index (κ1) is 20.9. The third-order valence-corrected chi connectivity index (χ3v) is 4.74. The number of nitrogens with zero attached hydrogens (tertiary/aromatic N) is 4. The quantitative estimate of drug-likeness (QED) is 0.635. The number of nitrogens with one attached hydrogen (secondary N) is 2. The maximum absolute atomic E-state index is 13.0. The number of hydrogen-bond donors (Lipinski definition) is 2. The standard InChI is InChI=1S/C19H21FN6O2.ClH/c20-14-3-1-13(2-4-14)19-23-15(12-28-19)5-10-22-18(27)17-11-26(25-24-17)16-6-8-21-9-7-16;/h1-4,11-12,16,21H,5-10H2,(H,22,27);1H. The van der Waals surface area contributed by atoms with Crippen molar-refractivity contribution in [3.05, 3.63) is 53.9 Å². The number of oxazole rings is 1. The van der Waals surface area contributed by atoms with Crippen molar-refractivity contribution in [3.63, 3.8) is 0 Å². The Balaban J connectivity index is 0.00000240. The van der Waals surface area contributed by atoms with Crippen LogP contribution in [0.25, 0.3) is 11.5 Å². The molecule has 8 nitrogen and oxygen atoms in total. The molecule has 0 unspecified atom stereocenters. The van der Waals surface area contributed by atoms with E-state index in [1.807, 2.05) is 0 Å². The highest BCUT2D eigenvalue weighted by atomic mass is 35.5. The van der Waals surface area contributed by atoms with E-state index in [4.69, 9.17) is 4.42 Å². The third-order valence-electron chi connectivity index (χ3n) is 4.74. The third kappa shape index (κ3) is 5.18. The number of aromatic nitrogens is 4. The predicted molar refractivity (Wildman–Crippen MR) is 106 cm³/mol. The Morgan fingerprint density at radius 3 is 2.79 bits per heavy atom. The summed E-state index contributed by atoms with van der Waals surface area (Å²) < 4.78 is 20.2. The second-order valence-electron chi connectivity index (χ2n) is 6.72. The van der Waals surface area contributed by atoms with E-state index in [9.17, 15) is 9.18 Å². The molecule has 154 valence electrons. The van der Waals surface area contributed by atoms with Crippen LogP contribution in [-0.2, 0) is 6.42 Å². The fraction of sp³-hybridized carbons (Fsp3) is 0.368. The Morgan fingerprint density at radius 2 is 2.03 bits per heavy atom. The lowest BCUT2D eigenvalue weighted by Crippen LogP contribution is -2.29. The molecule has 0 spiro atoms. The molecule has 1 amide bonds. The zero-order chi connectivity index (χ0) is 19.3. The van der Waals surface area contributed by atoms with Crippen molar-refractivity contribution in [2.75, 3.05) is 19.6 Å². The summed E-state index contributed by atoms with van der Waals surface area (Å²) in [5.41, 5.74) is 1.72. The molecule has 0 bridgehead atoms. The van der Waals surface area contributed by atoms with Gasteiger partial charge in [0.15, 0.2) is 5.69 Å².